The van der Waals surface area contributed by atoms with E-state index in [-0.39, 0.29) is 12.1 Å². The van der Waals surface area contributed by atoms with Crippen LogP contribution in [0.2, 0.25) is 0 Å². The summed E-state index contributed by atoms with van der Waals surface area (Å²) in [6.07, 6.45) is -0.163. The maximum absolute atomic E-state index is 13.5. The number of benzene rings is 2. The van der Waals surface area contributed by atoms with Crippen LogP contribution < -0.4 is 15.4 Å². The lowest BCUT2D eigenvalue weighted by Crippen LogP contribution is -2.49. The third-order valence-electron chi connectivity index (χ3n) is 5.53. The molecule has 4 N–H and O–H groups in total. The van der Waals surface area contributed by atoms with Crippen molar-refractivity contribution in [2.45, 2.75) is 24.9 Å². The SMILES string of the molecule is COC(=O)N[C@@H](Cc1ccccc1)C(=O)N[C@@H](Cc1ccc(NS(=O)(=O)O)cc1)c1nc(-c2cc#cs2)cs1. The highest BCUT2D eigenvalue weighted by atomic mass is 32.2. The van der Waals surface area contributed by atoms with Crippen molar-refractivity contribution in [3.63, 3.8) is 0 Å². The second kappa shape index (κ2) is 12.7. The number of ether oxygens (including phenoxy) is 1. The Bertz CT molecular complexity index is 1490. The minimum Gasteiger partial charge on any atom is -0.453 e. The molecular formula is C26H24N4O6S3. The third kappa shape index (κ3) is 8.26. The number of nitrogens with one attached hydrogen (secondary N) is 3. The van der Waals surface area contributed by atoms with Crippen molar-refractivity contribution in [3.05, 3.63) is 93.6 Å². The Morgan fingerprint density at radius 2 is 1.77 bits per heavy atom. The highest BCUT2D eigenvalue weighted by molar-refractivity contribution is 7.87. The van der Waals surface area contributed by atoms with Crippen LogP contribution in [0.15, 0.2) is 66.0 Å². The standard InChI is InChI=1S/C26H24N4O6S3/c1-36-26(32)29-20(14-17-6-3-2-4-7-17)24(31)27-21(25-28-22(16-38-25)23-8-5-13-37-23)15-18-9-11-19(12-10-18)30-39(33,34)35/h2-4,6-12,16,20-21,30H,14-15H2,1H3,(H,27,31)(H,29,32)(H,33,34,35)/t20-,21-/m0/s1. The van der Waals surface area contributed by atoms with Crippen LogP contribution in [0.1, 0.15) is 22.2 Å². The van der Waals surface area contributed by atoms with Crippen molar-refractivity contribution in [1.29, 1.82) is 0 Å². The lowest BCUT2D eigenvalue weighted by molar-refractivity contribution is -0.123. The first-order chi connectivity index (χ1) is 18.7. The number of methoxy groups -OCH3 is 1. The van der Waals surface area contributed by atoms with Gasteiger partial charge < -0.3 is 15.4 Å². The largest absolute Gasteiger partial charge is 0.453 e. The van der Waals surface area contributed by atoms with Crippen LogP contribution in [0.3, 0.4) is 0 Å². The summed E-state index contributed by atoms with van der Waals surface area (Å²) < 4.78 is 38.0. The fourth-order valence-corrected chi connectivity index (χ4v) is 5.66. The Hall–Kier alpha value is -3.96. The fourth-order valence-electron chi connectivity index (χ4n) is 3.72. The molecule has 0 saturated carbocycles. The molecule has 0 unspecified atom stereocenters. The molecule has 4 rings (SSSR count). The summed E-state index contributed by atoms with van der Waals surface area (Å²) in [4.78, 5) is 31.1. The van der Waals surface area contributed by atoms with Crippen LogP contribution in [-0.4, -0.2) is 43.1 Å². The van der Waals surface area contributed by atoms with E-state index >= 15 is 0 Å². The number of rotatable bonds is 11. The molecular weight excluding hydrogens is 561 g/mol. The lowest BCUT2D eigenvalue weighted by atomic mass is 10.0. The molecule has 0 bridgehead atoms. The number of hydrogen-bond acceptors (Lipinski definition) is 8. The molecule has 2 aromatic carbocycles. The van der Waals surface area contributed by atoms with Gasteiger partial charge in [-0.25, -0.2) is 9.78 Å². The number of carbonyl (C=O) groups is 2. The van der Waals surface area contributed by atoms with E-state index in [0.717, 1.165) is 21.7 Å². The molecule has 2 amide bonds. The van der Waals surface area contributed by atoms with Crippen LogP contribution in [-0.2, 0) is 32.7 Å². The fraction of sp³-hybridized carbons (Fsp3) is 0.192. The van der Waals surface area contributed by atoms with E-state index in [4.69, 9.17) is 14.3 Å². The van der Waals surface area contributed by atoms with Gasteiger partial charge >= 0.3 is 16.4 Å². The average molecular weight is 585 g/mol. The first-order valence-corrected chi connectivity index (χ1v) is 14.7. The molecule has 2 atom stereocenters. The van der Waals surface area contributed by atoms with Gasteiger partial charge in [0.15, 0.2) is 0 Å². The zero-order chi connectivity index (χ0) is 27.8. The minimum absolute atomic E-state index is 0.189. The van der Waals surface area contributed by atoms with Crippen molar-refractivity contribution < 1.29 is 27.3 Å². The van der Waals surface area contributed by atoms with Gasteiger partial charge in [-0.2, -0.15) is 8.42 Å². The van der Waals surface area contributed by atoms with Crippen LogP contribution in [0.4, 0.5) is 10.5 Å². The molecule has 13 heteroatoms. The average Bonchev–Trinajstić information content (AvgIpc) is 3.61. The zero-order valence-electron chi connectivity index (χ0n) is 20.6. The number of anilines is 1. The second-order valence-corrected chi connectivity index (χ2v) is 11.2. The summed E-state index contributed by atoms with van der Waals surface area (Å²) in [6.45, 7) is 0. The van der Waals surface area contributed by atoms with E-state index in [1.807, 2.05) is 40.4 Å². The molecule has 202 valence electrons. The van der Waals surface area contributed by atoms with Gasteiger partial charge in [-0.3, -0.25) is 14.1 Å². The van der Waals surface area contributed by atoms with Crippen LogP contribution in [0, 0.1) is 11.4 Å². The van der Waals surface area contributed by atoms with E-state index < -0.39 is 34.4 Å². The molecule has 0 radical (unpaired) electrons. The van der Waals surface area contributed by atoms with Gasteiger partial charge in [0.2, 0.25) is 5.91 Å². The molecule has 0 aliphatic heterocycles. The van der Waals surface area contributed by atoms with Crippen LogP contribution in [0.5, 0.6) is 0 Å². The number of thiazole rings is 1. The van der Waals surface area contributed by atoms with Crippen LogP contribution in [0.25, 0.3) is 10.6 Å². The maximum Gasteiger partial charge on any atom is 0.407 e. The van der Waals surface area contributed by atoms with E-state index in [1.165, 1.54) is 41.9 Å². The van der Waals surface area contributed by atoms with Gasteiger partial charge in [0.1, 0.15) is 11.0 Å². The van der Waals surface area contributed by atoms with Crippen LogP contribution >= 0.6 is 22.7 Å². The molecule has 0 saturated heterocycles. The molecule has 0 aliphatic rings. The van der Waals surface area contributed by atoms with Crippen molar-refractivity contribution in [2.24, 2.45) is 0 Å². The Labute approximate surface area is 234 Å². The predicted octanol–water partition coefficient (Wildman–Crippen LogP) is 4.05. The molecule has 0 aliphatic carbocycles. The minimum atomic E-state index is -4.40. The Morgan fingerprint density at radius 1 is 1.05 bits per heavy atom. The van der Waals surface area contributed by atoms with Gasteiger partial charge in [-0.15, -0.1) is 11.3 Å². The monoisotopic (exact) mass is 584 g/mol. The van der Waals surface area contributed by atoms with E-state index in [9.17, 15) is 18.0 Å². The number of nitrogens with zero attached hydrogens (tertiary/aromatic N) is 1. The Morgan fingerprint density at radius 3 is 2.41 bits per heavy atom. The summed E-state index contributed by atoms with van der Waals surface area (Å²) >= 11 is 2.76. The van der Waals surface area contributed by atoms with Gasteiger partial charge in [-0.1, -0.05) is 59.9 Å². The molecule has 2 aromatic heterocycles. The van der Waals surface area contributed by atoms with E-state index in [0.29, 0.717) is 11.4 Å². The first-order valence-electron chi connectivity index (χ1n) is 11.6. The molecule has 0 fully saturated rings. The summed E-state index contributed by atoms with van der Waals surface area (Å²) in [7, 11) is -3.17. The highest BCUT2D eigenvalue weighted by Gasteiger charge is 2.27. The normalized spacial score (nSPS) is 12.6. The van der Waals surface area contributed by atoms with Crippen molar-refractivity contribution in [3.8, 4) is 10.6 Å². The Kier molecular flexibility index (Phi) is 9.15. The number of carbonyl (C=O) groups excluding carboxylic acids is 2. The highest BCUT2D eigenvalue weighted by Crippen LogP contribution is 2.29. The third-order valence-corrected chi connectivity index (χ3v) is 7.75. The molecule has 4 aromatic rings. The molecule has 2 heterocycles. The van der Waals surface area contributed by atoms with Gasteiger partial charge in [0.05, 0.1) is 29.4 Å². The number of aromatic nitrogens is 1. The van der Waals surface area contributed by atoms with Gasteiger partial charge in [0.25, 0.3) is 0 Å². The maximum atomic E-state index is 13.5. The quantitative estimate of drug-likeness (QED) is 0.195. The topological polar surface area (TPSA) is 147 Å². The number of amides is 2. The number of alkyl carbamates (subject to hydrolysis) is 1. The zero-order valence-corrected chi connectivity index (χ0v) is 23.0. The van der Waals surface area contributed by atoms with Crippen molar-refractivity contribution >= 4 is 50.7 Å². The summed E-state index contributed by atoms with van der Waals surface area (Å²) in [5.41, 5.74) is 2.55. The molecule has 10 nitrogen and oxygen atoms in total. The van der Waals surface area contributed by atoms with Gasteiger partial charge in [-0.05, 0) is 35.1 Å². The lowest BCUT2D eigenvalue weighted by Gasteiger charge is -2.22. The summed E-state index contributed by atoms with van der Waals surface area (Å²) in [6, 6.07) is 18.9. The molecule has 0 spiro atoms. The first kappa shape index (κ1) is 28.1. The van der Waals surface area contributed by atoms with E-state index in [1.54, 1.807) is 18.2 Å². The smallest absolute Gasteiger partial charge is 0.407 e. The Balaban J connectivity index is 1.59. The molecule has 39 heavy (non-hydrogen) atoms. The van der Waals surface area contributed by atoms with E-state index in [2.05, 4.69) is 22.1 Å². The predicted molar refractivity (Wildman–Crippen MR) is 149 cm³/mol. The van der Waals surface area contributed by atoms with Crippen molar-refractivity contribution in [1.82, 2.24) is 15.6 Å². The van der Waals surface area contributed by atoms with Gasteiger partial charge in [0, 0.05) is 17.9 Å². The number of hydrogen-bond donors (Lipinski definition) is 4. The second-order valence-electron chi connectivity index (χ2n) is 8.35. The summed E-state index contributed by atoms with van der Waals surface area (Å²) in [5.74, 6) is -0.423. The van der Waals surface area contributed by atoms with Crippen molar-refractivity contribution in [2.75, 3.05) is 11.8 Å². The summed E-state index contributed by atoms with van der Waals surface area (Å²) in [5, 5.41) is 11.1.